The molecule has 1 aliphatic rings. The van der Waals surface area contributed by atoms with Crippen LogP contribution < -0.4 is 10.9 Å². The first-order chi connectivity index (χ1) is 14.2. The Balaban J connectivity index is 0.000000396. The lowest BCUT2D eigenvalue weighted by atomic mass is 9.91. The van der Waals surface area contributed by atoms with E-state index in [1.807, 2.05) is 35.0 Å². The number of carboxylic acid groups (broad SMARTS) is 1. The Morgan fingerprint density at radius 1 is 1.33 bits per heavy atom. The van der Waals surface area contributed by atoms with E-state index in [-0.39, 0.29) is 5.56 Å². The minimum atomic E-state index is -5.08. The van der Waals surface area contributed by atoms with Gasteiger partial charge >= 0.3 is 12.1 Å². The van der Waals surface area contributed by atoms with E-state index in [1.165, 1.54) is 11.3 Å². The van der Waals surface area contributed by atoms with Crippen molar-refractivity contribution < 1.29 is 27.8 Å². The molecule has 0 aliphatic heterocycles. The van der Waals surface area contributed by atoms with Crippen LogP contribution in [0.15, 0.2) is 41.3 Å². The highest BCUT2D eigenvalue weighted by Gasteiger charge is 2.38. The van der Waals surface area contributed by atoms with Gasteiger partial charge in [0.25, 0.3) is 5.56 Å². The van der Waals surface area contributed by atoms with Crippen molar-refractivity contribution in [2.45, 2.75) is 44.6 Å². The van der Waals surface area contributed by atoms with Crippen molar-refractivity contribution >= 4 is 5.97 Å². The second-order valence-corrected chi connectivity index (χ2v) is 6.73. The maximum Gasteiger partial charge on any atom is 0.490 e. The second kappa shape index (κ2) is 10.9. The van der Waals surface area contributed by atoms with Crippen LogP contribution in [0.25, 0.3) is 0 Å². The maximum atomic E-state index is 12.1. The molecule has 0 bridgehead atoms. The number of hydrogen-bond acceptors (Lipinski definition) is 5. The zero-order valence-corrected chi connectivity index (χ0v) is 16.5. The molecule has 1 aliphatic carbocycles. The Labute approximate surface area is 171 Å². The predicted octanol–water partition coefficient (Wildman–Crippen LogP) is 2.17. The van der Waals surface area contributed by atoms with Gasteiger partial charge in [0.2, 0.25) is 0 Å². The van der Waals surface area contributed by atoms with Crippen LogP contribution in [0.3, 0.4) is 0 Å². The van der Waals surface area contributed by atoms with Crippen LogP contribution in [-0.4, -0.2) is 46.6 Å². The molecule has 1 unspecified atom stereocenters. The molecule has 0 saturated carbocycles. The Morgan fingerprint density at radius 3 is 2.67 bits per heavy atom. The van der Waals surface area contributed by atoms with E-state index in [0.717, 1.165) is 31.5 Å². The summed E-state index contributed by atoms with van der Waals surface area (Å²) < 4.78 is 38.7. The molecule has 2 N–H and O–H groups in total. The number of carboxylic acids is 1. The molecule has 10 heteroatoms. The Bertz CT molecular complexity index is 885. The summed E-state index contributed by atoms with van der Waals surface area (Å²) in [6.07, 6.45) is -0.345. The lowest BCUT2D eigenvalue weighted by Crippen LogP contribution is -2.37. The number of pyridine rings is 2. The van der Waals surface area contributed by atoms with Gasteiger partial charge in [0, 0.05) is 44.2 Å². The molecular formula is C20H24F3N3O4. The predicted molar refractivity (Wildman–Crippen MR) is 103 cm³/mol. The average Bonchev–Trinajstić information content (AvgIpc) is 2.72. The van der Waals surface area contributed by atoms with Crippen LogP contribution >= 0.6 is 0 Å². The number of nitrogens with zero attached hydrogens (tertiary/aromatic N) is 2. The van der Waals surface area contributed by atoms with Gasteiger partial charge < -0.3 is 19.7 Å². The number of halogens is 3. The van der Waals surface area contributed by atoms with Crippen molar-refractivity contribution in [2.24, 2.45) is 0 Å². The Morgan fingerprint density at radius 2 is 2.07 bits per heavy atom. The summed E-state index contributed by atoms with van der Waals surface area (Å²) in [6.45, 7) is 1.98. The third kappa shape index (κ3) is 6.96. The number of nitrogens with one attached hydrogen (secondary N) is 1. The first-order valence-electron chi connectivity index (χ1n) is 9.36. The quantitative estimate of drug-likeness (QED) is 0.734. The minimum absolute atomic E-state index is 0.0701. The number of ether oxygens (including phenoxy) is 1. The molecule has 0 aromatic carbocycles. The fourth-order valence-corrected chi connectivity index (χ4v) is 3.18. The van der Waals surface area contributed by atoms with Gasteiger partial charge in [-0.05, 0) is 37.0 Å². The van der Waals surface area contributed by atoms with Gasteiger partial charge in [0.1, 0.15) is 0 Å². The van der Waals surface area contributed by atoms with Gasteiger partial charge in [-0.1, -0.05) is 12.1 Å². The summed E-state index contributed by atoms with van der Waals surface area (Å²) in [6, 6.07) is 10.1. The van der Waals surface area contributed by atoms with Crippen molar-refractivity contribution in [2.75, 3.05) is 13.7 Å². The molecular weight excluding hydrogens is 403 g/mol. The zero-order chi connectivity index (χ0) is 22.1. The Hall–Kier alpha value is -2.72. The van der Waals surface area contributed by atoms with E-state index >= 15 is 0 Å². The molecule has 0 radical (unpaired) electrons. The highest BCUT2D eigenvalue weighted by Crippen LogP contribution is 2.20. The van der Waals surface area contributed by atoms with Gasteiger partial charge in [-0.3, -0.25) is 9.78 Å². The normalized spacial score (nSPS) is 15.7. The Kier molecular flexibility index (Phi) is 8.55. The molecule has 2 aromatic rings. The molecule has 0 saturated heterocycles. The van der Waals surface area contributed by atoms with Crippen LogP contribution in [0, 0.1) is 0 Å². The SMILES string of the molecule is COCCn1c2c(ccc1=O)CC(NCc1ccccn1)CC2.O=C(O)C(F)(F)F. The van der Waals surface area contributed by atoms with Crippen molar-refractivity contribution in [3.05, 3.63) is 63.8 Å². The molecule has 2 heterocycles. The summed E-state index contributed by atoms with van der Waals surface area (Å²) in [5.74, 6) is -2.76. The van der Waals surface area contributed by atoms with Crippen molar-refractivity contribution in [1.29, 1.82) is 0 Å². The lowest BCUT2D eigenvalue weighted by molar-refractivity contribution is -0.192. The third-order valence-electron chi connectivity index (χ3n) is 4.65. The number of carbonyl (C=O) groups is 1. The van der Waals surface area contributed by atoms with Gasteiger partial charge in [-0.25, -0.2) is 4.79 Å². The van der Waals surface area contributed by atoms with E-state index in [1.54, 1.807) is 13.2 Å². The number of fused-ring (bicyclic) bond motifs is 1. The zero-order valence-electron chi connectivity index (χ0n) is 16.5. The molecule has 164 valence electrons. The molecule has 3 rings (SSSR count). The first kappa shape index (κ1) is 23.6. The van der Waals surface area contributed by atoms with E-state index in [2.05, 4.69) is 10.3 Å². The standard InChI is InChI=1S/C18H23N3O2.C2HF3O2/c1-23-11-10-21-17-7-6-15(12-14(17)5-8-18(21)22)20-13-16-4-2-3-9-19-16;3-2(4,5)1(6)7/h2-5,8-9,15,20H,6-7,10-13H2,1H3;(H,6,7). The van der Waals surface area contributed by atoms with Crippen LogP contribution in [0.2, 0.25) is 0 Å². The van der Waals surface area contributed by atoms with Crippen LogP contribution in [0.1, 0.15) is 23.4 Å². The summed E-state index contributed by atoms with van der Waals surface area (Å²) in [4.78, 5) is 25.3. The monoisotopic (exact) mass is 427 g/mol. The number of aliphatic carboxylic acids is 1. The summed E-state index contributed by atoms with van der Waals surface area (Å²) >= 11 is 0. The lowest BCUT2D eigenvalue weighted by Gasteiger charge is -2.27. The highest BCUT2D eigenvalue weighted by molar-refractivity contribution is 5.73. The van der Waals surface area contributed by atoms with Crippen molar-refractivity contribution in [3.63, 3.8) is 0 Å². The average molecular weight is 427 g/mol. The van der Waals surface area contributed by atoms with Gasteiger partial charge in [-0.15, -0.1) is 0 Å². The number of alkyl halides is 3. The van der Waals surface area contributed by atoms with Crippen molar-refractivity contribution in [1.82, 2.24) is 14.9 Å². The summed E-state index contributed by atoms with van der Waals surface area (Å²) in [5, 5.41) is 10.7. The summed E-state index contributed by atoms with van der Waals surface area (Å²) in [7, 11) is 1.66. The third-order valence-corrected chi connectivity index (χ3v) is 4.65. The fraction of sp³-hybridized carbons (Fsp3) is 0.450. The van der Waals surface area contributed by atoms with Gasteiger partial charge in [0.15, 0.2) is 0 Å². The van der Waals surface area contributed by atoms with Gasteiger partial charge in [0.05, 0.1) is 12.3 Å². The fourth-order valence-electron chi connectivity index (χ4n) is 3.18. The van der Waals surface area contributed by atoms with Crippen LogP contribution in [0.5, 0.6) is 0 Å². The number of methoxy groups -OCH3 is 1. The van der Waals surface area contributed by atoms with E-state index in [4.69, 9.17) is 14.6 Å². The molecule has 2 aromatic heterocycles. The molecule has 0 fully saturated rings. The minimum Gasteiger partial charge on any atom is -0.475 e. The van der Waals surface area contributed by atoms with E-state index < -0.39 is 12.1 Å². The largest absolute Gasteiger partial charge is 0.490 e. The topological polar surface area (TPSA) is 93.5 Å². The second-order valence-electron chi connectivity index (χ2n) is 6.73. The number of aromatic nitrogens is 2. The van der Waals surface area contributed by atoms with Crippen LogP contribution in [-0.2, 0) is 35.5 Å². The molecule has 1 atom stereocenters. The number of hydrogen-bond donors (Lipinski definition) is 2. The molecule has 30 heavy (non-hydrogen) atoms. The highest BCUT2D eigenvalue weighted by atomic mass is 19.4. The molecule has 0 spiro atoms. The molecule has 7 nitrogen and oxygen atoms in total. The number of rotatable bonds is 6. The first-order valence-corrected chi connectivity index (χ1v) is 9.36. The summed E-state index contributed by atoms with van der Waals surface area (Å²) in [5.41, 5.74) is 3.57. The molecule has 0 amide bonds. The van der Waals surface area contributed by atoms with E-state index in [0.29, 0.717) is 19.2 Å². The van der Waals surface area contributed by atoms with Gasteiger partial charge in [-0.2, -0.15) is 13.2 Å². The van der Waals surface area contributed by atoms with Crippen LogP contribution in [0.4, 0.5) is 13.2 Å². The smallest absolute Gasteiger partial charge is 0.475 e. The van der Waals surface area contributed by atoms with E-state index in [9.17, 15) is 18.0 Å². The van der Waals surface area contributed by atoms with Crippen molar-refractivity contribution in [3.8, 4) is 0 Å². The maximum absolute atomic E-state index is 12.1.